The Morgan fingerprint density at radius 3 is 2.36 bits per heavy atom. The van der Waals surface area contributed by atoms with E-state index in [0.29, 0.717) is 39.6 Å². The number of carbonyl (C=O) groups is 1. The molecule has 0 bridgehead atoms. The van der Waals surface area contributed by atoms with Gasteiger partial charge >= 0.3 is 0 Å². The van der Waals surface area contributed by atoms with Crippen molar-refractivity contribution in [3.63, 3.8) is 0 Å². The van der Waals surface area contributed by atoms with Crippen LogP contribution in [0, 0.1) is 18.3 Å². The number of rotatable bonds is 10. The minimum absolute atomic E-state index is 0.0512. The third-order valence-corrected chi connectivity index (χ3v) is 5.95. The van der Waals surface area contributed by atoms with E-state index in [2.05, 4.69) is 21.2 Å². The van der Waals surface area contributed by atoms with E-state index in [4.69, 9.17) is 18.9 Å². The summed E-state index contributed by atoms with van der Waals surface area (Å²) in [5.74, 6) is 1.72. The van der Waals surface area contributed by atoms with Crippen LogP contribution in [0.4, 0.5) is 0 Å². The third-order valence-electron chi connectivity index (χ3n) is 5.37. The van der Waals surface area contributed by atoms with Crippen molar-refractivity contribution in [1.29, 1.82) is 5.26 Å². The first-order valence-electron chi connectivity index (χ1n) is 11.0. The molecule has 0 aliphatic carbocycles. The molecule has 0 aliphatic heterocycles. The van der Waals surface area contributed by atoms with Crippen LogP contribution >= 0.6 is 15.9 Å². The van der Waals surface area contributed by atoms with Crippen molar-refractivity contribution >= 4 is 27.9 Å². The number of hydrogen-bond acceptors (Lipinski definition) is 6. The quantitative estimate of drug-likeness (QED) is 0.261. The molecule has 3 rings (SSSR count). The van der Waals surface area contributed by atoms with Gasteiger partial charge in [0.2, 0.25) is 0 Å². The van der Waals surface area contributed by atoms with Crippen LogP contribution < -0.4 is 24.3 Å². The maximum Gasteiger partial charge on any atom is 0.262 e. The van der Waals surface area contributed by atoms with Gasteiger partial charge in [0.1, 0.15) is 29.7 Å². The highest BCUT2D eigenvalue weighted by Crippen LogP contribution is 2.38. The largest absolute Gasteiger partial charge is 0.497 e. The second-order valence-corrected chi connectivity index (χ2v) is 8.69. The predicted molar refractivity (Wildman–Crippen MR) is 141 cm³/mol. The fourth-order valence-electron chi connectivity index (χ4n) is 3.39. The molecule has 0 radical (unpaired) electrons. The van der Waals surface area contributed by atoms with Crippen molar-refractivity contribution in [3.05, 3.63) is 86.9 Å². The summed E-state index contributed by atoms with van der Waals surface area (Å²) in [4.78, 5) is 12.7. The monoisotopic (exact) mass is 550 g/mol. The van der Waals surface area contributed by atoms with E-state index in [1.165, 1.54) is 18.7 Å². The Bertz CT molecular complexity index is 1300. The van der Waals surface area contributed by atoms with E-state index >= 15 is 0 Å². The molecule has 3 aromatic rings. The summed E-state index contributed by atoms with van der Waals surface area (Å²) < 4.78 is 22.7. The van der Waals surface area contributed by atoms with Crippen molar-refractivity contribution < 1.29 is 23.7 Å². The molecule has 0 saturated carbocycles. The highest BCUT2D eigenvalue weighted by Gasteiger charge is 2.15. The minimum atomic E-state index is -0.509. The molecule has 0 fully saturated rings. The maximum atomic E-state index is 12.7. The molecule has 1 amide bonds. The van der Waals surface area contributed by atoms with Crippen molar-refractivity contribution in [2.45, 2.75) is 20.1 Å². The molecule has 36 heavy (non-hydrogen) atoms. The second-order valence-electron chi connectivity index (χ2n) is 7.84. The van der Waals surface area contributed by atoms with Gasteiger partial charge in [-0.25, -0.2) is 0 Å². The van der Waals surface area contributed by atoms with E-state index < -0.39 is 5.91 Å². The lowest BCUT2D eigenvalue weighted by molar-refractivity contribution is -0.117. The lowest BCUT2D eigenvalue weighted by atomic mass is 10.1. The predicted octanol–water partition coefficient (Wildman–Crippen LogP) is 5.59. The molecule has 0 aromatic heterocycles. The van der Waals surface area contributed by atoms with Crippen LogP contribution in [-0.4, -0.2) is 27.2 Å². The molecule has 0 spiro atoms. The van der Waals surface area contributed by atoms with Crippen LogP contribution in [0.25, 0.3) is 6.08 Å². The van der Waals surface area contributed by atoms with Crippen molar-refractivity contribution in [1.82, 2.24) is 5.32 Å². The second kappa shape index (κ2) is 12.7. The molecule has 0 unspecified atom stereocenters. The molecule has 0 atom stereocenters. The van der Waals surface area contributed by atoms with Crippen LogP contribution in [0.15, 0.2) is 64.6 Å². The Morgan fingerprint density at radius 1 is 1.00 bits per heavy atom. The Morgan fingerprint density at radius 2 is 1.72 bits per heavy atom. The Balaban J connectivity index is 1.75. The minimum Gasteiger partial charge on any atom is -0.497 e. The molecule has 0 aliphatic rings. The van der Waals surface area contributed by atoms with Crippen LogP contribution in [-0.2, 0) is 17.9 Å². The zero-order chi connectivity index (χ0) is 26.1. The fourth-order valence-corrected chi connectivity index (χ4v) is 3.96. The number of hydrogen-bond donors (Lipinski definition) is 1. The number of amides is 1. The van der Waals surface area contributed by atoms with E-state index in [-0.39, 0.29) is 12.1 Å². The van der Waals surface area contributed by atoms with Gasteiger partial charge in [-0.3, -0.25) is 4.79 Å². The first-order chi connectivity index (χ1) is 17.4. The summed E-state index contributed by atoms with van der Waals surface area (Å²) >= 11 is 3.52. The molecule has 0 saturated heterocycles. The van der Waals surface area contributed by atoms with Crippen LogP contribution in [0.3, 0.4) is 0 Å². The van der Waals surface area contributed by atoms with Gasteiger partial charge in [0.05, 0.1) is 25.8 Å². The third kappa shape index (κ3) is 6.80. The van der Waals surface area contributed by atoms with Crippen molar-refractivity contribution in [2.24, 2.45) is 0 Å². The van der Waals surface area contributed by atoms with Gasteiger partial charge in [-0.2, -0.15) is 5.26 Å². The first kappa shape index (κ1) is 26.6. The average molecular weight is 551 g/mol. The standard InChI is InChI=1S/C28H27BrN2O5/c1-18-5-7-19(8-6-18)17-36-27-24(29)12-20(13-26(27)35-4)11-22(15-30)28(32)31-16-21-9-10-23(33-2)14-25(21)34-3/h5-14H,16-17H2,1-4H3,(H,31,32)/b22-11+. The average Bonchev–Trinajstić information content (AvgIpc) is 2.90. The highest BCUT2D eigenvalue weighted by molar-refractivity contribution is 9.10. The number of nitrogens with one attached hydrogen (secondary N) is 1. The fraction of sp³-hybridized carbons (Fsp3) is 0.214. The van der Waals surface area contributed by atoms with E-state index in [1.807, 2.05) is 37.3 Å². The molecule has 1 N–H and O–H groups in total. The van der Waals surface area contributed by atoms with Gasteiger partial charge in [-0.1, -0.05) is 29.8 Å². The zero-order valence-corrected chi connectivity index (χ0v) is 22.1. The molecule has 0 heterocycles. The zero-order valence-electron chi connectivity index (χ0n) is 20.6. The summed E-state index contributed by atoms with van der Waals surface area (Å²) in [6.45, 7) is 2.58. The van der Waals surface area contributed by atoms with Gasteiger partial charge in [-0.15, -0.1) is 0 Å². The van der Waals surface area contributed by atoms with E-state index in [0.717, 1.165) is 11.1 Å². The normalized spacial score (nSPS) is 10.8. The first-order valence-corrected chi connectivity index (χ1v) is 11.8. The molecular weight excluding hydrogens is 524 g/mol. The maximum absolute atomic E-state index is 12.7. The smallest absolute Gasteiger partial charge is 0.262 e. The lowest BCUT2D eigenvalue weighted by Gasteiger charge is -2.14. The summed E-state index contributed by atoms with van der Waals surface area (Å²) in [7, 11) is 4.64. The van der Waals surface area contributed by atoms with Crippen LogP contribution in [0.5, 0.6) is 23.0 Å². The van der Waals surface area contributed by atoms with Gasteiger partial charge < -0.3 is 24.3 Å². The molecule has 3 aromatic carbocycles. The topological polar surface area (TPSA) is 89.8 Å². The number of benzene rings is 3. The van der Waals surface area contributed by atoms with Crippen LogP contribution in [0.2, 0.25) is 0 Å². The Labute approximate surface area is 219 Å². The van der Waals surface area contributed by atoms with Crippen molar-refractivity contribution in [3.8, 4) is 29.1 Å². The Kier molecular flexibility index (Phi) is 9.37. The number of aryl methyl sites for hydroxylation is 1. The van der Waals surface area contributed by atoms with E-state index in [1.54, 1.807) is 44.6 Å². The summed E-state index contributed by atoms with van der Waals surface area (Å²) in [5.41, 5.74) is 3.51. The highest BCUT2D eigenvalue weighted by atomic mass is 79.9. The lowest BCUT2D eigenvalue weighted by Crippen LogP contribution is -2.24. The molecule has 186 valence electrons. The van der Waals surface area contributed by atoms with Gasteiger partial charge in [0.25, 0.3) is 5.91 Å². The van der Waals surface area contributed by atoms with Gasteiger partial charge in [0, 0.05) is 18.2 Å². The number of ether oxygens (including phenoxy) is 4. The molecular formula is C28H27BrN2O5. The van der Waals surface area contributed by atoms with Crippen LogP contribution in [0.1, 0.15) is 22.3 Å². The summed E-state index contributed by atoms with van der Waals surface area (Å²) in [6, 6.07) is 18.8. The van der Waals surface area contributed by atoms with E-state index in [9.17, 15) is 10.1 Å². The number of halogens is 1. The SMILES string of the molecule is COc1ccc(CNC(=O)/C(C#N)=C/c2cc(Br)c(OCc3ccc(C)cc3)c(OC)c2)c(OC)c1. The summed E-state index contributed by atoms with van der Waals surface area (Å²) in [5, 5.41) is 12.4. The molecule has 8 heteroatoms. The molecule has 7 nitrogen and oxygen atoms in total. The Hall–Kier alpha value is -3.96. The number of nitriles is 1. The number of carbonyl (C=O) groups excluding carboxylic acids is 1. The van der Waals surface area contributed by atoms with Gasteiger partial charge in [0.15, 0.2) is 11.5 Å². The number of methoxy groups -OCH3 is 3. The van der Waals surface area contributed by atoms with Gasteiger partial charge in [-0.05, 0) is 64.3 Å². The number of nitrogens with zero attached hydrogens (tertiary/aromatic N) is 1. The summed E-state index contributed by atoms with van der Waals surface area (Å²) in [6.07, 6.45) is 1.50. The van der Waals surface area contributed by atoms with Crippen molar-refractivity contribution in [2.75, 3.05) is 21.3 Å².